The molecule has 3 N–H and O–H groups in total. The molecule has 0 aliphatic rings. The van der Waals surface area contributed by atoms with E-state index in [1.807, 2.05) is 12.5 Å². The average molecular weight is 442 g/mol. The van der Waals surface area contributed by atoms with Crippen LogP contribution in [0, 0.1) is 5.82 Å². The van der Waals surface area contributed by atoms with Gasteiger partial charge in [-0.05, 0) is 28.6 Å². The zero-order chi connectivity index (χ0) is 15.8. The monoisotopic (exact) mass is 442 g/mol. The number of hydrogen-bond acceptors (Lipinski definition) is 2. The highest BCUT2D eigenvalue weighted by Crippen LogP contribution is 2.03. The van der Waals surface area contributed by atoms with Crippen molar-refractivity contribution in [3.8, 4) is 0 Å². The largest absolute Gasteiger partial charge is 1.00 e. The maximum Gasteiger partial charge on any atom is 0.405 e. The molecule has 5 nitrogen and oxygen atoms in total. The van der Waals surface area contributed by atoms with Crippen LogP contribution in [0.15, 0.2) is 24.3 Å². The molecule has 0 aromatic heterocycles. The Balaban J connectivity index is 0.00000441. The van der Waals surface area contributed by atoms with E-state index in [9.17, 15) is 14.0 Å². The van der Waals surface area contributed by atoms with E-state index in [0.717, 1.165) is 11.3 Å². The minimum Gasteiger partial charge on any atom is -1.00 e. The van der Waals surface area contributed by atoms with E-state index < -0.39 is 12.1 Å². The van der Waals surface area contributed by atoms with Gasteiger partial charge in [-0.3, -0.25) is 4.79 Å². The third kappa shape index (κ3) is 8.42. The summed E-state index contributed by atoms with van der Waals surface area (Å²) >= 11 is 0. The zero-order valence-electron chi connectivity index (χ0n) is 12.4. The SMILES string of the molecule is C[S+](C)CC[C@H](NC(=O)O)C(=O)NCc1ccc(F)cc1.[I-]. The van der Waals surface area contributed by atoms with Gasteiger partial charge in [0.25, 0.3) is 0 Å². The van der Waals surface area contributed by atoms with Gasteiger partial charge in [0.15, 0.2) is 0 Å². The van der Waals surface area contributed by atoms with E-state index >= 15 is 0 Å². The fraction of sp³-hybridized carbons (Fsp3) is 0.429. The number of hydrogen-bond donors (Lipinski definition) is 3. The second kappa shape index (κ2) is 10.7. The molecule has 0 heterocycles. The predicted octanol–water partition coefficient (Wildman–Crippen LogP) is -1.65. The lowest BCUT2D eigenvalue weighted by molar-refractivity contribution is -0.123. The van der Waals surface area contributed by atoms with Crippen molar-refractivity contribution in [2.24, 2.45) is 0 Å². The molecular weight excluding hydrogens is 422 g/mol. The zero-order valence-corrected chi connectivity index (χ0v) is 15.4. The van der Waals surface area contributed by atoms with Crippen LogP contribution in [0.2, 0.25) is 0 Å². The number of carbonyl (C=O) groups is 2. The molecule has 0 saturated heterocycles. The lowest BCUT2D eigenvalue weighted by Crippen LogP contribution is -3.00. The molecular formula is C14H20FIN2O3S. The summed E-state index contributed by atoms with van der Waals surface area (Å²) in [7, 11) is 0.135. The first-order valence-corrected chi connectivity index (χ1v) is 8.65. The molecule has 0 unspecified atom stereocenters. The van der Waals surface area contributed by atoms with Crippen LogP contribution in [0.3, 0.4) is 0 Å². The van der Waals surface area contributed by atoms with Gasteiger partial charge in [-0.2, -0.15) is 0 Å². The molecule has 2 amide bonds. The van der Waals surface area contributed by atoms with E-state index in [-0.39, 0.29) is 53.1 Å². The van der Waals surface area contributed by atoms with Gasteiger partial charge >= 0.3 is 6.09 Å². The Labute approximate surface area is 149 Å². The van der Waals surface area contributed by atoms with E-state index in [1.54, 1.807) is 12.1 Å². The van der Waals surface area contributed by atoms with Gasteiger partial charge in [0, 0.05) is 13.0 Å². The van der Waals surface area contributed by atoms with Crippen LogP contribution in [0.5, 0.6) is 0 Å². The molecule has 0 fully saturated rings. The van der Waals surface area contributed by atoms with Crippen molar-refractivity contribution in [3.63, 3.8) is 0 Å². The predicted molar refractivity (Wildman–Crippen MR) is 81.9 cm³/mol. The Kier molecular flexibility index (Phi) is 10.2. The topological polar surface area (TPSA) is 78.4 Å². The number of nitrogens with one attached hydrogen (secondary N) is 2. The highest BCUT2D eigenvalue weighted by Gasteiger charge is 2.22. The standard InChI is InChI=1S/C14H19FN2O3S.HI/c1-21(2)8-7-12(17-14(19)20)13(18)16-9-10-3-5-11(15)6-4-10;/h3-6,12,17H,7-9H2,1-2H3,(H-,16,18,19,20);1H/t12-;/m0./s1. The van der Waals surface area contributed by atoms with E-state index in [4.69, 9.17) is 5.11 Å². The van der Waals surface area contributed by atoms with Crippen molar-refractivity contribution in [3.05, 3.63) is 35.6 Å². The van der Waals surface area contributed by atoms with Crippen LogP contribution in [0.25, 0.3) is 0 Å². The summed E-state index contributed by atoms with van der Waals surface area (Å²) in [6, 6.07) is 5.01. The van der Waals surface area contributed by atoms with Crippen LogP contribution < -0.4 is 34.6 Å². The van der Waals surface area contributed by atoms with E-state index in [0.29, 0.717) is 6.42 Å². The first-order valence-electron chi connectivity index (χ1n) is 6.44. The van der Waals surface area contributed by atoms with Crippen molar-refractivity contribution in [1.29, 1.82) is 0 Å². The summed E-state index contributed by atoms with van der Waals surface area (Å²) in [4.78, 5) is 22.8. The van der Waals surface area contributed by atoms with Gasteiger partial charge < -0.3 is 39.7 Å². The summed E-state index contributed by atoms with van der Waals surface area (Å²) in [5, 5.41) is 13.7. The number of carbonyl (C=O) groups excluding carboxylic acids is 1. The van der Waals surface area contributed by atoms with Gasteiger partial charge in [-0.15, -0.1) is 0 Å². The van der Waals surface area contributed by atoms with Gasteiger partial charge in [0.05, 0.1) is 12.5 Å². The third-order valence-corrected chi connectivity index (χ3v) is 3.86. The first kappa shape index (κ1) is 21.0. The van der Waals surface area contributed by atoms with Crippen LogP contribution in [0.1, 0.15) is 12.0 Å². The van der Waals surface area contributed by atoms with Gasteiger partial charge in [0.2, 0.25) is 5.91 Å². The van der Waals surface area contributed by atoms with Crippen LogP contribution in [-0.2, 0) is 22.2 Å². The Morgan fingerprint density at radius 2 is 1.86 bits per heavy atom. The van der Waals surface area contributed by atoms with Crippen molar-refractivity contribution in [1.82, 2.24) is 10.6 Å². The van der Waals surface area contributed by atoms with Crippen LogP contribution in [0.4, 0.5) is 9.18 Å². The summed E-state index contributed by atoms with van der Waals surface area (Å²) in [5.41, 5.74) is 0.754. The average Bonchev–Trinajstić information content (AvgIpc) is 2.42. The molecule has 1 rings (SSSR count). The van der Waals surface area contributed by atoms with E-state index in [1.165, 1.54) is 12.1 Å². The molecule has 1 atom stereocenters. The Morgan fingerprint density at radius 1 is 1.27 bits per heavy atom. The summed E-state index contributed by atoms with van der Waals surface area (Å²) in [5.74, 6) is 0.0650. The smallest absolute Gasteiger partial charge is 0.405 e. The third-order valence-electron chi connectivity index (χ3n) is 2.81. The molecule has 0 saturated carbocycles. The fourth-order valence-electron chi connectivity index (χ4n) is 1.69. The molecule has 0 aliphatic heterocycles. The molecule has 1 aromatic carbocycles. The molecule has 22 heavy (non-hydrogen) atoms. The molecule has 124 valence electrons. The van der Waals surface area contributed by atoms with Crippen LogP contribution >= 0.6 is 0 Å². The van der Waals surface area contributed by atoms with Crippen LogP contribution in [-0.4, -0.2) is 41.4 Å². The van der Waals surface area contributed by atoms with Gasteiger partial charge in [-0.25, -0.2) is 9.18 Å². The van der Waals surface area contributed by atoms with Crippen molar-refractivity contribution < 1.29 is 43.1 Å². The molecule has 0 aliphatic carbocycles. The summed E-state index contributed by atoms with van der Waals surface area (Å²) < 4.78 is 12.8. The quantitative estimate of drug-likeness (QED) is 0.350. The maximum atomic E-state index is 12.8. The summed E-state index contributed by atoms with van der Waals surface area (Å²) in [6.45, 7) is 0.237. The first-order chi connectivity index (χ1) is 9.88. The molecule has 1 aromatic rings. The van der Waals surface area contributed by atoms with Gasteiger partial charge in [-0.1, -0.05) is 12.1 Å². The normalized spacial score (nSPS) is 11.5. The molecule has 0 bridgehead atoms. The minimum atomic E-state index is -1.22. The number of carboxylic acid groups (broad SMARTS) is 1. The highest BCUT2D eigenvalue weighted by molar-refractivity contribution is 7.95. The molecule has 0 spiro atoms. The second-order valence-electron chi connectivity index (χ2n) is 4.82. The fourth-order valence-corrected chi connectivity index (χ4v) is 2.39. The van der Waals surface area contributed by atoms with Crippen molar-refractivity contribution in [2.45, 2.75) is 19.0 Å². The highest BCUT2D eigenvalue weighted by atomic mass is 127. The Morgan fingerprint density at radius 3 is 2.36 bits per heavy atom. The maximum absolute atomic E-state index is 12.8. The minimum absolute atomic E-state index is 0. The summed E-state index contributed by atoms with van der Waals surface area (Å²) in [6.07, 6.45) is 3.31. The lowest BCUT2D eigenvalue weighted by Gasteiger charge is -2.16. The second-order valence-corrected chi connectivity index (χ2v) is 7.20. The Hall–Kier alpha value is -1.03. The molecule has 0 radical (unpaired) electrons. The number of amides is 2. The number of rotatable bonds is 7. The lowest BCUT2D eigenvalue weighted by atomic mass is 10.2. The van der Waals surface area contributed by atoms with E-state index in [2.05, 4.69) is 10.6 Å². The Bertz CT molecular complexity index is 485. The van der Waals surface area contributed by atoms with Gasteiger partial charge in [0.1, 0.15) is 17.6 Å². The van der Waals surface area contributed by atoms with Crippen molar-refractivity contribution in [2.75, 3.05) is 18.3 Å². The molecule has 8 heteroatoms. The number of benzene rings is 1. The van der Waals surface area contributed by atoms with Crippen molar-refractivity contribution >= 4 is 22.9 Å². The number of halogens is 2.